The molecule has 0 aromatic carbocycles. The molecule has 0 nitrogen and oxygen atoms in total. The van der Waals surface area contributed by atoms with Gasteiger partial charge in [-0.1, -0.05) is 48.5 Å². The molecule has 0 heterocycles. The van der Waals surface area contributed by atoms with E-state index in [-0.39, 0.29) is 0 Å². The monoisotopic (exact) mass is 183 g/mol. The lowest BCUT2D eigenvalue weighted by molar-refractivity contribution is 0.231. The van der Waals surface area contributed by atoms with Gasteiger partial charge in [-0.2, -0.15) is 0 Å². The van der Waals surface area contributed by atoms with E-state index in [1.54, 1.807) is 5.92 Å². The molecule has 0 aromatic heterocycles. The van der Waals surface area contributed by atoms with E-state index in [1.165, 1.54) is 12.8 Å². The molecule has 0 aliphatic heterocycles. The predicted octanol–water partition coefficient (Wildman–Crippen LogP) is 4.70. The van der Waals surface area contributed by atoms with Gasteiger partial charge < -0.3 is 0 Å². The van der Waals surface area contributed by atoms with Crippen molar-refractivity contribution in [3.05, 3.63) is 5.92 Å². The molecule has 1 atom stereocenters. The fourth-order valence-electron chi connectivity index (χ4n) is 2.22. The van der Waals surface area contributed by atoms with Crippen LogP contribution >= 0.6 is 0 Å². The Balaban J connectivity index is 4.00. The van der Waals surface area contributed by atoms with Crippen LogP contribution in [0.4, 0.5) is 0 Å². The minimum Gasteiger partial charge on any atom is -0.0628 e. The van der Waals surface area contributed by atoms with Crippen LogP contribution in [0, 0.1) is 23.2 Å². The van der Waals surface area contributed by atoms with Crippen LogP contribution in [0.25, 0.3) is 0 Å². The maximum Gasteiger partial charge on any atom is -0.0275 e. The lowest BCUT2D eigenvalue weighted by Crippen LogP contribution is -2.19. The van der Waals surface area contributed by atoms with E-state index in [1.807, 2.05) is 0 Å². The number of hydrogen-bond donors (Lipinski definition) is 0. The Morgan fingerprint density at radius 1 is 1.00 bits per heavy atom. The molecule has 0 spiro atoms. The first-order valence-electron chi connectivity index (χ1n) is 5.54. The third-order valence-electron chi connectivity index (χ3n) is 2.81. The zero-order valence-electron chi connectivity index (χ0n) is 10.6. The van der Waals surface area contributed by atoms with Gasteiger partial charge >= 0.3 is 0 Å². The Hall–Kier alpha value is 0. The van der Waals surface area contributed by atoms with Gasteiger partial charge in [0.1, 0.15) is 0 Å². The maximum atomic E-state index is 2.40. The molecule has 0 saturated heterocycles. The van der Waals surface area contributed by atoms with Gasteiger partial charge in [0, 0.05) is 0 Å². The van der Waals surface area contributed by atoms with Crippen molar-refractivity contribution in [2.24, 2.45) is 17.3 Å². The fourth-order valence-corrected chi connectivity index (χ4v) is 2.22. The van der Waals surface area contributed by atoms with Gasteiger partial charge in [0.25, 0.3) is 0 Å². The third kappa shape index (κ3) is 6.12. The van der Waals surface area contributed by atoms with E-state index in [4.69, 9.17) is 0 Å². The molecule has 0 aromatic rings. The first kappa shape index (κ1) is 13.0. The summed E-state index contributed by atoms with van der Waals surface area (Å²) in [5.41, 5.74) is 0.505. The lowest BCUT2D eigenvalue weighted by atomic mass is 9.75. The van der Waals surface area contributed by atoms with Gasteiger partial charge in [-0.3, -0.25) is 0 Å². The molecule has 0 saturated carbocycles. The topological polar surface area (TPSA) is 0 Å². The van der Waals surface area contributed by atoms with Crippen molar-refractivity contribution < 1.29 is 0 Å². The molecule has 1 radical (unpaired) electrons. The van der Waals surface area contributed by atoms with E-state index < -0.39 is 0 Å². The second-order valence-electron chi connectivity index (χ2n) is 5.94. The Morgan fingerprint density at radius 3 is 1.77 bits per heavy atom. The minimum atomic E-state index is 0.505. The molecule has 0 aliphatic rings. The quantitative estimate of drug-likeness (QED) is 0.579. The summed E-state index contributed by atoms with van der Waals surface area (Å²) in [7, 11) is 0. The Labute approximate surface area is 85.1 Å². The second-order valence-corrected chi connectivity index (χ2v) is 5.94. The van der Waals surface area contributed by atoms with E-state index in [9.17, 15) is 0 Å². The van der Waals surface area contributed by atoms with Gasteiger partial charge in [-0.25, -0.2) is 0 Å². The third-order valence-corrected chi connectivity index (χ3v) is 2.81. The van der Waals surface area contributed by atoms with E-state index in [0.717, 1.165) is 11.8 Å². The SMILES string of the molecule is C[C](C)C(C)CC(C)(C)CC(C)C. The van der Waals surface area contributed by atoms with Crippen molar-refractivity contribution in [3.63, 3.8) is 0 Å². The summed E-state index contributed by atoms with van der Waals surface area (Å²) in [5.74, 6) is 3.16. The Morgan fingerprint density at radius 2 is 1.46 bits per heavy atom. The van der Waals surface area contributed by atoms with Crippen LogP contribution in [0.2, 0.25) is 0 Å². The molecule has 0 bridgehead atoms. The molecule has 0 rings (SSSR count). The molecule has 0 N–H and O–H groups in total. The lowest BCUT2D eigenvalue weighted by Gasteiger charge is -2.31. The van der Waals surface area contributed by atoms with Crippen molar-refractivity contribution in [1.29, 1.82) is 0 Å². The van der Waals surface area contributed by atoms with Crippen molar-refractivity contribution in [1.82, 2.24) is 0 Å². The summed E-state index contributed by atoms with van der Waals surface area (Å²) in [6, 6.07) is 0. The zero-order valence-corrected chi connectivity index (χ0v) is 10.6. The second kappa shape index (κ2) is 5.02. The van der Waals surface area contributed by atoms with Crippen LogP contribution in [-0.2, 0) is 0 Å². The normalized spacial score (nSPS) is 15.5. The highest BCUT2D eigenvalue weighted by atomic mass is 14.3. The summed E-state index contributed by atoms with van der Waals surface area (Å²) in [4.78, 5) is 0. The highest BCUT2D eigenvalue weighted by Crippen LogP contribution is 2.35. The number of rotatable bonds is 5. The van der Waals surface area contributed by atoms with Gasteiger partial charge in [0.05, 0.1) is 0 Å². The van der Waals surface area contributed by atoms with Crippen LogP contribution in [0.5, 0.6) is 0 Å². The average Bonchev–Trinajstić information content (AvgIpc) is 1.81. The molecular formula is C13H27. The van der Waals surface area contributed by atoms with Gasteiger partial charge in [0.2, 0.25) is 0 Å². The van der Waals surface area contributed by atoms with Crippen molar-refractivity contribution in [3.8, 4) is 0 Å². The summed E-state index contributed by atoms with van der Waals surface area (Å²) in [6.45, 7) is 16.3. The molecule has 13 heavy (non-hydrogen) atoms. The van der Waals surface area contributed by atoms with E-state index in [0.29, 0.717) is 5.41 Å². The van der Waals surface area contributed by atoms with E-state index >= 15 is 0 Å². The summed E-state index contributed by atoms with van der Waals surface area (Å²) in [6.07, 6.45) is 2.66. The standard InChI is InChI=1S/C13H27/c1-10(2)8-13(6,7)9-12(5)11(3)4/h10,12H,8-9H2,1-7H3. The Bertz CT molecular complexity index is 131. The maximum absolute atomic E-state index is 2.40. The van der Waals surface area contributed by atoms with Crippen LogP contribution < -0.4 is 0 Å². The first-order chi connectivity index (χ1) is 5.74. The molecule has 0 aliphatic carbocycles. The summed E-state index contributed by atoms with van der Waals surface area (Å²) in [5, 5.41) is 0. The number of hydrogen-bond acceptors (Lipinski definition) is 0. The highest BCUT2D eigenvalue weighted by molar-refractivity contribution is 4.87. The van der Waals surface area contributed by atoms with Crippen molar-refractivity contribution in [2.45, 2.75) is 61.3 Å². The first-order valence-corrected chi connectivity index (χ1v) is 5.54. The largest absolute Gasteiger partial charge is 0.0628 e. The van der Waals surface area contributed by atoms with Gasteiger partial charge in [-0.05, 0) is 36.0 Å². The predicted molar refractivity (Wildman–Crippen MR) is 61.6 cm³/mol. The molecule has 0 heteroatoms. The molecule has 0 fully saturated rings. The summed E-state index contributed by atoms with van der Waals surface area (Å²) < 4.78 is 0. The average molecular weight is 183 g/mol. The minimum absolute atomic E-state index is 0.505. The van der Waals surface area contributed by atoms with Crippen LogP contribution in [0.15, 0.2) is 0 Å². The van der Waals surface area contributed by atoms with Gasteiger partial charge in [0.15, 0.2) is 0 Å². The molecule has 0 amide bonds. The van der Waals surface area contributed by atoms with E-state index in [2.05, 4.69) is 48.5 Å². The van der Waals surface area contributed by atoms with Crippen LogP contribution in [0.1, 0.15) is 61.3 Å². The molecule has 1 unspecified atom stereocenters. The highest BCUT2D eigenvalue weighted by Gasteiger charge is 2.23. The van der Waals surface area contributed by atoms with Crippen LogP contribution in [0.3, 0.4) is 0 Å². The van der Waals surface area contributed by atoms with Gasteiger partial charge in [-0.15, -0.1) is 0 Å². The fraction of sp³-hybridized carbons (Fsp3) is 0.923. The van der Waals surface area contributed by atoms with Crippen molar-refractivity contribution >= 4 is 0 Å². The Kier molecular flexibility index (Phi) is 5.02. The smallest absolute Gasteiger partial charge is 0.0275 e. The summed E-state index contributed by atoms with van der Waals surface area (Å²) >= 11 is 0. The van der Waals surface area contributed by atoms with Crippen LogP contribution in [-0.4, -0.2) is 0 Å². The zero-order chi connectivity index (χ0) is 10.6. The van der Waals surface area contributed by atoms with Crippen molar-refractivity contribution in [2.75, 3.05) is 0 Å². The molecular weight excluding hydrogens is 156 g/mol. The molecule has 79 valence electrons.